The van der Waals surface area contributed by atoms with Gasteiger partial charge in [0.05, 0.1) is 0 Å². The highest BCUT2D eigenvalue weighted by Gasteiger charge is 2.23. The molecule has 2 amide bonds. The molecule has 2 heterocycles. The third-order valence-electron chi connectivity index (χ3n) is 5.92. The number of hydrogen-bond acceptors (Lipinski definition) is 5. The van der Waals surface area contributed by atoms with E-state index in [1.165, 1.54) is 0 Å². The fourth-order valence-electron chi connectivity index (χ4n) is 4.01. The Morgan fingerprint density at radius 3 is 2.42 bits per heavy atom. The van der Waals surface area contributed by atoms with E-state index in [2.05, 4.69) is 32.9 Å². The molecule has 0 saturated carbocycles. The molecule has 1 fully saturated rings. The minimum Gasteiger partial charge on any atom is -0.355 e. The van der Waals surface area contributed by atoms with Gasteiger partial charge in [-0.1, -0.05) is 18.2 Å². The van der Waals surface area contributed by atoms with Crippen molar-refractivity contribution < 1.29 is 9.59 Å². The molecule has 7 nitrogen and oxygen atoms in total. The number of carbonyl (C=O) groups excluding carboxylic acids is 2. The predicted molar refractivity (Wildman–Crippen MR) is 132 cm³/mol. The number of rotatable bonds is 6. The first-order chi connectivity index (χ1) is 16.0. The molecule has 33 heavy (non-hydrogen) atoms. The van der Waals surface area contributed by atoms with E-state index in [-0.39, 0.29) is 17.7 Å². The van der Waals surface area contributed by atoms with Gasteiger partial charge in [-0.05, 0) is 86.6 Å². The molecule has 0 atom stereocenters. The molecule has 0 spiro atoms. The van der Waals surface area contributed by atoms with Gasteiger partial charge in [0.2, 0.25) is 5.91 Å². The summed E-state index contributed by atoms with van der Waals surface area (Å²) in [5, 5.41) is 9.02. The zero-order valence-electron chi connectivity index (χ0n) is 19.0. The zero-order valence-corrected chi connectivity index (χ0v) is 19.0. The van der Waals surface area contributed by atoms with Crippen LogP contribution in [0, 0.1) is 5.92 Å². The standard InChI is InChI=1S/C26H29N5O2/c1-27-25(32)21-14-20(15-23(16-21)29-22-6-4-3-5-7-22)19-8-11-28-24(17-19)30-26(33)18-9-12-31(2)13-10-18/h3-8,11,14-18,29H,9-10,12-13H2,1-2H3,(H,27,32)(H,28,30,33). The minimum absolute atomic E-state index is 0.00455. The number of nitrogens with zero attached hydrogens (tertiary/aromatic N) is 2. The molecule has 1 aliphatic rings. The molecule has 1 aliphatic heterocycles. The van der Waals surface area contributed by atoms with Crippen LogP contribution in [0.25, 0.3) is 11.1 Å². The number of pyridine rings is 1. The summed E-state index contributed by atoms with van der Waals surface area (Å²) in [6, 6.07) is 19.2. The number of aromatic nitrogens is 1. The first kappa shape index (κ1) is 22.5. The van der Waals surface area contributed by atoms with Gasteiger partial charge in [0.15, 0.2) is 0 Å². The fraction of sp³-hybridized carbons (Fsp3) is 0.269. The highest BCUT2D eigenvalue weighted by atomic mass is 16.2. The van der Waals surface area contributed by atoms with E-state index in [0.717, 1.165) is 48.4 Å². The van der Waals surface area contributed by atoms with Crippen LogP contribution in [-0.2, 0) is 4.79 Å². The summed E-state index contributed by atoms with van der Waals surface area (Å²) in [6.07, 6.45) is 3.38. The van der Waals surface area contributed by atoms with Crippen molar-refractivity contribution in [2.24, 2.45) is 5.92 Å². The van der Waals surface area contributed by atoms with Crippen LogP contribution in [0.2, 0.25) is 0 Å². The van der Waals surface area contributed by atoms with Crippen LogP contribution >= 0.6 is 0 Å². The number of likely N-dealkylation sites (tertiary alicyclic amines) is 1. The van der Waals surface area contributed by atoms with Gasteiger partial charge in [0.1, 0.15) is 5.82 Å². The highest BCUT2D eigenvalue weighted by Crippen LogP contribution is 2.28. The maximum Gasteiger partial charge on any atom is 0.251 e. The Balaban J connectivity index is 1.59. The predicted octanol–water partition coefficient (Wildman–Crippen LogP) is 4.13. The Kier molecular flexibility index (Phi) is 7.00. The lowest BCUT2D eigenvalue weighted by Gasteiger charge is -2.27. The number of nitrogens with one attached hydrogen (secondary N) is 3. The molecule has 0 radical (unpaired) electrons. The first-order valence-corrected chi connectivity index (χ1v) is 11.2. The Bertz CT molecular complexity index is 1120. The SMILES string of the molecule is CNC(=O)c1cc(Nc2ccccc2)cc(-c2ccnc(NC(=O)C3CCN(C)CC3)c2)c1. The van der Waals surface area contributed by atoms with Crippen LogP contribution in [0.15, 0.2) is 66.9 Å². The smallest absolute Gasteiger partial charge is 0.251 e. The van der Waals surface area contributed by atoms with Crippen LogP contribution in [0.3, 0.4) is 0 Å². The van der Waals surface area contributed by atoms with Crippen molar-refractivity contribution in [1.82, 2.24) is 15.2 Å². The molecule has 3 N–H and O–H groups in total. The summed E-state index contributed by atoms with van der Waals surface area (Å²) in [5.74, 6) is 0.361. The lowest BCUT2D eigenvalue weighted by Crippen LogP contribution is -2.36. The molecule has 2 aromatic carbocycles. The molecular formula is C26H29N5O2. The van der Waals surface area contributed by atoms with Crippen molar-refractivity contribution in [3.63, 3.8) is 0 Å². The summed E-state index contributed by atoms with van der Waals surface area (Å²) in [4.78, 5) is 31.7. The van der Waals surface area contributed by atoms with Gasteiger partial charge in [-0.3, -0.25) is 9.59 Å². The normalized spacial score (nSPS) is 14.5. The molecule has 1 saturated heterocycles. The second kappa shape index (κ2) is 10.3. The first-order valence-electron chi connectivity index (χ1n) is 11.2. The van der Waals surface area contributed by atoms with Crippen molar-refractivity contribution in [2.75, 3.05) is 37.8 Å². The van der Waals surface area contributed by atoms with E-state index in [1.54, 1.807) is 13.2 Å². The van der Waals surface area contributed by atoms with E-state index in [4.69, 9.17) is 0 Å². The molecule has 4 rings (SSSR count). The number of benzene rings is 2. The molecule has 0 aliphatic carbocycles. The molecule has 0 bridgehead atoms. The average Bonchev–Trinajstić information content (AvgIpc) is 2.84. The molecule has 1 aromatic heterocycles. The number of amides is 2. The van der Waals surface area contributed by atoms with Gasteiger partial charge in [-0.25, -0.2) is 4.98 Å². The highest BCUT2D eigenvalue weighted by molar-refractivity contribution is 5.97. The van der Waals surface area contributed by atoms with Crippen LogP contribution < -0.4 is 16.0 Å². The summed E-state index contributed by atoms with van der Waals surface area (Å²) < 4.78 is 0. The maximum absolute atomic E-state index is 12.7. The number of anilines is 3. The number of para-hydroxylation sites is 1. The van der Waals surface area contributed by atoms with Crippen molar-refractivity contribution in [2.45, 2.75) is 12.8 Å². The Hall–Kier alpha value is -3.71. The topological polar surface area (TPSA) is 86.4 Å². The van der Waals surface area contributed by atoms with Gasteiger partial charge < -0.3 is 20.9 Å². The largest absolute Gasteiger partial charge is 0.355 e. The van der Waals surface area contributed by atoms with Gasteiger partial charge >= 0.3 is 0 Å². The molecule has 170 valence electrons. The molecule has 0 unspecified atom stereocenters. The number of hydrogen-bond donors (Lipinski definition) is 3. The summed E-state index contributed by atoms with van der Waals surface area (Å²) in [5.41, 5.74) is 3.99. The second-order valence-corrected chi connectivity index (χ2v) is 8.37. The average molecular weight is 444 g/mol. The summed E-state index contributed by atoms with van der Waals surface area (Å²) in [7, 11) is 3.69. The second-order valence-electron chi connectivity index (χ2n) is 8.37. The van der Waals surface area contributed by atoms with Crippen LogP contribution in [0.5, 0.6) is 0 Å². The fourth-order valence-corrected chi connectivity index (χ4v) is 4.01. The van der Waals surface area contributed by atoms with E-state index in [9.17, 15) is 9.59 Å². The molecule has 7 heteroatoms. The van der Waals surface area contributed by atoms with Gasteiger partial charge in [-0.15, -0.1) is 0 Å². The van der Waals surface area contributed by atoms with Gasteiger partial charge in [0, 0.05) is 36.1 Å². The summed E-state index contributed by atoms with van der Waals surface area (Å²) >= 11 is 0. The van der Waals surface area contributed by atoms with Gasteiger partial charge in [-0.2, -0.15) is 0 Å². The summed E-state index contributed by atoms with van der Waals surface area (Å²) in [6.45, 7) is 1.85. The van der Waals surface area contributed by atoms with E-state index < -0.39 is 0 Å². The monoisotopic (exact) mass is 443 g/mol. The van der Waals surface area contributed by atoms with E-state index in [0.29, 0.717) is 11.4 Å². The van der Waals surface area contributed by atoms with E-state index in [1.807, 2.05) is 60.7 Å². The van der Waals surface area contributed by atoms with Crippen molar-refractivity contribution >= 4 is 29.0 Å². The van der Waals surface area contributed by atoms with Crippen LogP contribution in [-0.4, -0.2) is 48.9 Å². The van der Waals surface area contributed by atoms with Gasteiger partial charge in [0.25, 0.3) is 5.91 Å². The third-order valence-corrected chi connectivity index (χ3v) is 5.92. The Morgan fingerprint density at radius 1 is 0.939 bits per heavy atom. The number of carbonyl (C=O) groups is 2. The molecule has 3 aromatic rings. The van der Waals surface area contributed by atoms with Crippen LogP contribution in [0.1, 0.15) is 23.2 Å². The van der Waals surface area contributed by atoms with Crippen LogP contribution in [0.4, 0.5) is 17.2 Å². The van der Waals surface area contributed by atoms with Crippen molar-refractivity contribution in [3.05, 3.63) is 72.4 Å². The van der Waals surface area contributed by atoms with Crippen molar-refractivity contribution in [1.29, 1.82) is 0 Å². The minimum atomic E-state index is -0.169. The lowest BCUT2D eigenvalue weighted by atomic mass is 9.96. The van der Waals surface area contributed by atoms with Crippen molar-refractivity contribution in [3.8, 4) is 11.1 Å². The third kappa shape index (κ3) is 5.75. The van der Waals surface area contributed by atoms with E-state index >= 15 is 0 Å². The quantitative estimate of drug-likeness (QED) is 0.533. The zero-order chi connectivity index (χ0) is 23.2. The lowest BCUT2D eigenvalue weighted by molar-refractivity contribution is -0.121. The molecular weight excluding hydrogens is 414 g/mol. The number of piperidine rings is 1. The Labute approximate surface area is 194 Å². The Morgan fingerprint density at radius 2 is 1.70 bits per heavy atom. The maximum atomic E-state index is 12.7.